The SMILES string of the molecule is Cc1nsc(NC(=O)C2CCCCN2)n1. The van der Waals surface area contributed by atoms with Gasteiger partial charge in [0, 0.05) is 11.5 Å². The lowest BCUT2D eigenvalue weighted by Gasteiger charge is -2.21. The molecule has 0 spiro atoms. The Balaban J connectivity index is 1.91. The molecular weight excluding hydrogens is 212 g/mol. The second-order valence-corrected chi connectivity index (χ2v) is 4.39. The summed E-state index contributed by atoms with van der Waals surface area (Å²) in [5.74, 6) is 0.706. The zero-order chi connectivity index (χ0) is 10.7. The summed E-state index contributed by atoms with van der Waals surface area (Å²) in [4.78, 5) is 15.8. The van der Waals surface area contributed by atoms with Crippen LogP contribution in [-0.2, 0) is 4.79 Å². The maximum Gasteiger partial charge on any atom is 0.243 e. The van der Waals surface area contributed by atoms with Gasteiger partial charge in [-0.3, -0.25) is 10.1 Å². The van der Waals surface area contributed by atoms with Crippen molar-refractivity contribution in [3.8, 4) is 0 Å². The largest absolute Gasteiger partial charge is 0.306 e. The number of carbonyl (C=O) groups excluding carboxylic acids is 1. The van der Waals surface area contributed by atoms with Crippen LogP contribution in [0.25, 0.3) is 0 Å². The van der Waals surface area contributed by atoms with Gasteiger partial charge in [0.15, 0.2) is 0 Å². The van der Waals surface area contributed by atoms with E-state index in [2.05, 4.69) is 20.0 Å². The fraction of sp³-hybridized carbons (Fsp3) is 0.667. The average molecular weight is 226 g/mol. The molecule has 82 valence electrons. The molecule has 2 rings (SSSR count). The highest BCUT2D eigenvalue weighted by Crippen LogP contribution is 2.13. The number of anilines is 1. The van der Waals surface area contributed by atoms with Crippen molar-refractivity contribution in [2.45, 2.75) is 32.2 Å². The van der Waals surface area contributed by atoms with Crippen LogP contribution in [0.2, 0.25) is 0 Å². The smallest absolute Gasteiger partial charge is 0.243 e. The molecule has 0 saturated carbocycles. The molecule has 2 heterocycles. The molecule has 0 radical (unpaired) electrons. The van der Waals surface area contributed by atoms with E-state index in [0.29, 0.717) is 11.0 Å². The first-order chi connectivity index (χ1) is 7.25. The van der Waals surface area contributed by atoms with Crippen molar-refractivity contribution in [2.24, 2.45) is 0 Å². The van der Waals surface area contributed by atoms with Gasteiger partial charge >= 0.3 is 0 Å². The van der Waals surface area contributed by atoms with Gasteiger partial charge in [0.25, 0.3) is 0 Å². The van der Waals surface area contributed by atoms with E-state index in [9.17, 15) is 4.79 Å². The van der Waals surface area contributed by atoms with Crippen LogP contribution in [0.3, 0.4) is 0 Å². The first kappa shape index (κ1) is 10.5. The first-order valence-electron chi connectivity index (χ1n) is 5.10. The quantitative estimate of drug-likeness (QED) is 0.787. The highest BCUT2D eigenvalue weighted by Gasteiger charge is 2.21. The summed E-state index contributed by atoms with van der Waals surface area (Å²) in [6.07, 6.45) is 3.17. The fourth-order valence-corrected chi connectivity index (χ4v) is 2.19. The van der Waals surface area contributed by atoms with Crippen LogP contribution in [0.15, 0.2) is 0 Å². The summed E-state index contributed by atoms with van der Waals surface area (Å²) < 4.78 is 4.01. The average Bonchev–Trinajstić information content (AvgIpc) is 2.65. The molecule has 1 fully saturated rings. The lowest BCUT2D eigenvalue weighted by atomic mass is 10.0. The molecule has 15 heavy (non-hydrogen) atoms. The Morgan fingerprint density at radius 2 is 2.47 bits per heavy atom. The van der Waals surface area contributed by atoms with Gasteiger partial charge in [0.2, 0.25) is 11.0 Å². The Morgan fingerprint density at radius 1 is 1.60 bits per heavy atom. The van der Waals surface area contributed by atoms with Crippen molar-refractivity contribution < 1.29 is 4.79 Å². The maximum atomic E-state index is 11.7. The van der Waals surface area contributed by atoms with E-state index >= 15 is 0 Å². The minimum absolute atomic E-state index is 0.00542. The number of rotatable bonds is 2. The van der Waals surface area contributed by atoms with E-state index in [1.165, 1.54) is 11.5 Å². The van der Waals surface area contributed by atoms with Gasteiger partial charge in [-0.2, -0.15) is 4.37 Å². The van der Waals surface area contributed by atoms with Crippen molar-refractivity contribution in [3.63, 3.8) is 0 Å². The number of piperidine rings is 1. The lowest BCUT2D eigenvalue weighted by Crippen LogP contribution is -2.43. The molecule has 1 amide bonds. The van der Waals surface area contributed by atoms with Gasteiger partial charge in [0.1, 0.15) is 5.82 Å². The van der Waals surface area contributed by atoms with Crippen LogP contribution in [0.5, 0.6) is 0 Å². The highest BCUT2D eigenvalue weighted by atomic mass is 32.1. The van der Waals surface area contributed by atoms with Crippen LogP contribution < -0.4 is 10.6 Å². The predicted octanol–water partition coefficient (Wildman–Crippen LogP) is 0.927. The van der Waals surface area contributed by atoms with E-state index in [1.807, 2.05) is 6.92 Å². The zero-order valence-electron chi connectivity index (χ0n) is 8.62. The molecule has 1 saturated heterocycles. The van der Waals surface area contributed by atoms with E-state index in [-0.39, 0.29) is 11.9 Å². The molecule has 1 unspecified atom stereocenters. The Kier molecular flexibility index (Phi) is 3.27. The van der Waals surface area contributed by atoms with Crippen LogP contribution >= 0.6 is 11.5 Å². The molecule has 1 aliphatic heterocycles. The van der Waals surface area contributed by atoms with E-state index in [0.717, 1.165) is 25.8 Å². The van der Waals surface area contributed by atoms with Gasteiger partial charge in [-0.25, -0.2) is 4.98 Å². The molecule has 1 aliphatic rings. The highest BCUT2D eigenvalue weighted by molar-refractivity contribution is 7.09. The third-order valence-corrected chi connectivity index (χ3v) is 3.11. The molecule has 2 N–H and O–H groups in total. The van der Waals surface area contributed by atoms with Gasteiger partial charge in [-0.05, 0) is 26.3 Å². The molecule has 6 heteroatoms. The lowest BCUT2D eigenvalue weighted by molar-refractivity contribution is -0.118. The second-order valence-electron chi connectivity index (χ2n) is 3.64. The van der Waals surface area contributed by atoms with Crippen LogP contribution in [-0.4, -0.2) is 27.9 Å². The Bertz CT molecular complexity index is 346. The van der Waals surface area contributed by atoms with Crippen LogP contribution in [0.1, 0.15) is 25.1 Å². The summed E-state index contributed by atoms with van der Waals surface area (Å²) in [5.41, 5.74) is 0. The number of hydrogen-bond donors (Lipinski definition) is 2. The van der Waals surface area contributed by atoms with Crippen molar-refractivity contribution in [2.75, 3.05) is 11.9 Å². The number of aromatic nitrogens is 2. The third kappa shape index (κ3) is 2.73. The topological polar surface area (TPSA) is 66.9 Å². The van der Waals surface area contributed by atoms with Gasteiger partial charge < -0.3 is 5.32 Å². The zero-order valence-corrected chi connectivity index (χ0v) is 9.43. The molecule has 5 nitrogen and oxygen atoms in total. The van der Waals surface area contributed by atoms with Crippen molar-refractivity contribution in [3.05, 3.63) is 5.82 Å². The Morgan fingerprint density at radius 3 is 3.07 bits per heavy atom. The van der Waals surface area contributed by atoms with E-state index in [4.69, 9.17) is 0 Å². The molecule has 1 aromatic heterocycles. The minimum Gasteiger partial charge on any atom is -0.306 e. The second kappa shape index (κ2) is 4.67. The van der Waals surface area contributed by atoms with Crippen molar-refractivity contribution in [1.29, 1.82) is 0 Å². The van der Waals surface area contributed by atoms with Crippen molar-refractivity contribution >= 4 is 22.6 Å². The van der Waals surface area contributed by atoms with E-state index < -0.39 is 0 Å². The summed E-state index contributed by atoms with van der Waals surface area (Å²) in [6, 6.07) is -0.0667. The number of aryl methyl sites for hydroxylation is 1. The van der Waals surface area contributed by atoms with Gasteiger partial charge in [-0.1, -0.05) is 6.42 Å². The molecule has 0 bridgehead atoms. The number of carbonyl (C=O) groups is 1. The van der Waals surface area contributed by atoms with Crippen LogP contribution in [0, 0.1) is 6.92 Å². The standard InChI is InChI=1S/C9H14N4OS/c1-6-11-9(15-13-6)12-8(14)7-4-2-3-5-10-7/h7,10H,2-5H2,1H3,(H,11,12,13,14). The normalized spacial score (nSPS) is 21.3. The number of hydrogen-bond acceptors (Lipinski definition) is 5. The predicted molar refractivity (Wildman–Crippen MR) is 58.9 cm³/mol. The summed E-state index contributed by atoms with van der Waals surface area (Å²) in [7, 11) is 0. The molecule has 1 aromatic rings. The minimum atomic E-state index is -0.0667. The van der Waals surface area contributed by atoms with Gasteiger partial charge in [0.05, 0.1) is 6.04 Å². The fourth-order valence-electron chi connectivity index (χ4n) is 1.62. The molecule has 0 aromatic carbocycles. The van der Waals surface area contributed by atoms with E-state index in [1.54, 1.807) is 0 Å². The Labute approximate surface area is 92.5 Å². The van der Waals surface area contributed by atoms with Gasteiger partial charge in [-0.15, -0.1) is 0 Å². The monoisotopic (exact) mass is 226 g/mol. The summed E-state index contributed by atoms with van der Waals surface area (Å²) in [5, 5.41) is 6.55. The van der Waals surface area contributed by atoms with Crippen LogP contribution in [0.4, 0.5) is 5.13 Å². The number of nitrogens with zero attached hydrogens (tertiary/aromatic N) is 2. The molecular formula is C9H14N4OS. The summed E-state index contributed by atoms with van der Waals surface area (Å²) in [6.45, 7) is 2.73. The number of amides is 1. The maximum absolute atomic E-state index is 11.7. The summed E-state index contributed by atoms with van der Waals surface area (Å²) >= 11 is 1.22. The Hall–Kier alpha value is -1.01. The first-order valence-corrected chi connectivity index (χ1v) is 5.87. The molecule has 0 aliphatic carbocycles. The molecule has 1 atom stereocenters. The number of nitrogens with one attached hydrogen (secondary N) is 2. The van der Waals surface area contributed by atoms with Crippen molar-refractivity contribution in [1.82, 2.24) is 14.7 Å². The third-order valence-electron chi connectivity index (χ3n) is 2.38.